The number of halogens is 1. The Morgan fingerprint density at radius 1 is 1.10 bits per heavy atom. The number of sulfone groups is 1. The zero-order valence-corrected chi connectivity index (χ0v) is 12.0. The minimum Gasteiger partial charge on any atom is -0.381 e. The third kappa shape index (κ3) is 2.60. The van der Waals surface area contributed by atoms with Gasteiger partial charge in [-0.2, -0.15) is 0 Å². The van der Waals surface area contributed by atoms with Gasteiger partial charge in [0.25, 0.3) is 0 Å². The molecule has 0 unspecified atom stereocenters. The summed E-state index contributed by atoms with van der Waals surface area (Å²) in [5.41, 5.74) is 0. The lowest BCUT2D eigenvalue weighted by Gasteiger charge is -2.45. The fourth-order valence-electron chi connectivity index (χ4n) is 2.83. The standard InChI is InChI=1S/C14H18FNO3S/c15-11-1-3-13(4-2-11)20(17,18)14-9-16(10-14)12-5-7-19-8-6-12/h1-4,12,14H,5-10H2. The molecule has 0 saturated carbocycles. The summed E-state index contributed by atoms with van der Waals surface area (Å²) >= 11 is 0. The van der Waals surface area contributed by atoms with Gasteiger partial charge in [-0.3, -0.25) is 4.90 Å². The molecular weight excluding hydrogens is 281 g/mol. The summed E-state index contributed by atoms with van der Waals surface area (Å²) in [4.78, 5) is 2.43. The van der Waals surface area contributed by atoms with Crippen molar-refractivity contribution in [1.29, 1.82) is 0 Å². The first-order chi connectivity index (χ1) is 9.57. The summed E-state index contributed by atoms with van der Waals surface area (Å²) in [6.07, 6.45) is 1.95. The molecule has 0 bridgehead atoms. The van der Waals surface area contributed by atoms with E-state index in [0.717, 1.165) is 26.1 Å². The molecule has 0 atom stereocenters. The molecule has 20 heavy (non-hydrogen) atoms. The monoisotopic (exact) mass is 299 g/mol. The van der Waals surface area contributed by atoms with Crippen LogP contribution in [0.1, 0.15) is 12.8 Å². The third-order valence-corrected chi connectivity index (χ3v) is 6.27. The van der Waals surface area contributed by atoms with Crippen LogP contribution < -0.4 is 0 Å². The van der Waals surface area contributed by atoms with E-state index >= 15 is 0 Å². The molecule has 2 fully saturated rings. The normalized spacial score (nSPS) is 22.6. The van der Waals surface area contributed by atoms with Gasteiger partial charge in [0.1, 0.15) is 5.82 Å². The third-order valence-electron chi connectivity index (χ3n) is 4.16. The van der Waals surface area contributed by atoms with Gasteiger partial charge in [-0.05, 0) is 37.1 Å². The molecule has 1 aromatic carbocycles. The summed E-state index contributed by atoms with van der Waals surface area (Å²) in [6.45, 7) is 2.67. The Kier molecular flexibility index (Phi) is 3.79. The predicted molar refractivity (Wildman–Crippen MR) is 72.8 cm³/mol. The first-order valence-electron chi connectivity index (χ1n) is 6.88. The van der Waals surface area contributed by atoms with E-state index < -0.39 is 15.7 Å². The molecule has 6 heteroatoms. The summed E-state index contributed by atoms with van der Waals surface area (Å²) in [6, 6.07) is 5.54. The summed E-state index contributed by atoms with van der Waals surface area (Å²) in [7, 11) is -3.33. The van der Waals surface area contributed by atoms with Crippen LogP contribution in [0.5, 0.6) is 0 Å². The summed E-state index contributed by atoms with van der Waals surface area (Å²) < 4.78 is 42.9. The lowest BCUT2D eigenvalue weighted by molar-refractivity contribution is 0.0124. The molecule has 4 nitrogen and oxygen atoms in total. The number of benzene rings is 1. The SMILES string of the molecule is O=S(=O)(c1ccc(F)cc1)C1CN(C2CCOCC2)C1. The first-order valence-corrected chi connectivity index (χ1v) is 8.43. The van der Waals surface area contributed by atoms with Gasteiger partial charge in [0.05, 0.1) is 10.1 Å². The highest BCUT2D eigenvalue weighted by atomic mass is 32.2. The van der Waals surface area contributed by atoms with Gasteiger partial charge >= 0.3 is 0 Å². The maximum absolute atomic E-state index is 12.9. The van der Waals surface area contributed by atoms with Crippen LogP contribution >= 0.6 is 0 Å². The van der Waals surface area contributed by atoms with Gasteiger partial charge in [0.2, 0.25) is 0 Å². The van der Waals surface area contributed by atoms with Gasteiger partial charge in [-0.15, -0.1) is 0 Å². The van der Waals surface area contributed by atoms with Crippen molar-refractivity contribution in [3.63, 3.8) is 0 Å². The highest BCUT2D eigenvalue weighted by Gasteiger charge is 2.41. The van der Waals surface area contributed by atoms with E-state index in [1.807, 2.05) is 0 Å². The molecule has 0 aliphatic carbocycles. The Labute approximate surface area is 118 Å². The number of hydrogen-bond donors (Lipinski definition) is 0. The van der Waals surface area contributed by atoms with Crippen molar-refractivity contribution in [2.45, 2.75) is 29.0 Å². The van der Waals surface area contributed by atoms with Gasteiger partial charge in [-0.1, -0.05) is 0 Å². The highest BCUT2D eigenvalue weighted by Crippen LogP contribution is 2.28. The van der Waals surface area contributed by atoms with E-state index in [1.165, 1.54) is 24.3 Å². The number of hydrogen-bond acceptors (Lipinski definition) is 4. The van der Waals surface area contributed by atoms with E-state index in [0.29, 0.717) is 19.1 Å². The second-order valence-corrected chi connectivity index (χ2v) is 7.65. The molecule has 2 aliphatic heterocycles. The molecule has 0 spiro atoms. The van der Waals surface area contributed by atoms with Gasteiger partial charge in [-0.25, -0.2) is 12.8 Å². The number of ether oxygens (including phenoxy) is 1. The second-order valence-electron chi connectivity index (χ2n) is 5.42. The van der Waals surface area contributed by atoms with Gasteiger partial charge in [0.15, 0.2) is 9.84 Å². The summed E-state index contributed by atoms with van der Waals surface area (Å²) in [5, 5.41) is -0.365. The second kappa shape index (κ2) is 5.42. The number of nitrogens with zero attached hydrogens (tertiary/aromatic N) is 1. The van der Waals surface area contributed by atoms with Crippen molar-refractivity contribution in [3.05, 3.63) is 30.1 Å². The molecule has 0 amide bonds. The van der Waals surface area contributed by atoms with Crippen LogP contribution in [0.2, 0.25) is 0 Å². The molecule has 2 saturated heterocycles. The van der Waals surface area contributed by atoms with Crippen molar-refractivity contribution >= 4 is 9.84 Å². The molecule has 2 heterocycles. The molecule has 1 aromatic rings. The topological polar surface area (TPSA) is 46.6 Å². The Balaban J connectivity index is 1.64. The maximum atomic E-state index is 12.9. The van der Waals surface area contributed by atoms with Crippen LogP contribution in [0, 0.1) is 5.82 Å². The fraction of sp³-hybridized carbons (Fsp3) is 0.571. The van der Waals surface area contributed by atoms with Gasteiger partial charge in [0, 0.05) is 32.3 Å². The molecular formula is C14H18FNO3S. The summed E-state index contributed by atoms with van der Waals surface area (Å²) in [5.74, 6) is -0.415. The molecule has 0 aromatic heterocycles. The minimum absolute atomic E-state index is 0.218. The van der Waals surface area contributed by atoms with Crippen molar-refractivity contribution in [2.75, 3.05) is 26.3 Å². The van der Waals surface area contributed by atoms with E-state index in [2.05, 4.69) is 4.90 Å². The van der Waals surface area contributed by atoms with Gasteiger partial charge < -0.3 is 4.74 Å². The Morgan fingerprint density at radius 2 is 1.70 bits per heavy atom. The molecule has 0 N–H and O–H groups in total. The molecule has 2 aliphatic rings. The number of rotatable bonds is 3. The maximum Gasteiger partial charge on any atom is 0.183 e. The zero-order chi connectivity index (χ0) is 14.2. The van der Waals surface area contributed by atoms with E-state index in [9.17, 15) is 12.8 Å². The Morgan fingerprint density at radius 3 is 2.30 bits per heavy atom. The Hall–Kier alpha value is -0.980. The average molecular weight is 299 g/mol. The lowest BCUT2D eigenvalue weighted by atomic mass is 10.0. The Bertz CT molecular complexity index is 561. The van der Waals surface area contributed by atoms with Crippen molar-refractivity contribution < 1.29 is 17.5 Å². The van der Waals surface area contributed by atoms with E-state index in [4.69, 9.17) is 4.74 Å². The van der Waals surface area contributed by atoms with Crippen LogP contribution in [0.15, 0.2) is 29.2 Å². The zero-order valence-electron chi connectivity index (χ0n) is 11.2. The van der Waals surface area contributed by atoms with Crippen LogP contribution in [0.25, 0.3) is 0 Å². The smallest absolute Gasteiger partial charge is 0.183 e. The first kappa shape index (κ1) is 14.0. The van der Waals surface area contributed by atoms with Crippen molar-refractivity contribution in [3.8, 4) is 0 Å². The minimum atomic E-state index is -3.33. The fourth-order valence-corrected chi connectivity index (χ4v) is 4.51. The molecule has 3 rings (SSSR count). The quantitative estimate of drug-likeness (QED) is 0.793. The van der Waals surface area contributed by atoms with Crippen molar-refractivity contribution in [1.82, 2.24) is 4.90 Å². The average Bonchev–Trinajstić information content (AvgIpc) is 2.38. The molecule has 110 valence electrons. The number of likely N-dealkylation sites (tertiary alicyclic amines) is 1. The predicted octanol–water partition coefficient (Wildman–Crippen LogP) is 1.46. The van der Waals surface area contributed by atoms with Crippen molar-refractivity contribution in [2.24, 2.45) is 0 Å². The highest BCUT2D eigenvalue weighted by molar-refractivity contribution is 7.92. The molecule has 0 radical (unpaired) electrons. The van der Waals surface area contributed by atoms with Crippen LogP contribution in [-0.2, 0) is 14.6 Å². The van der Waals surface area contributed by atoms with E-state index in [1.54, 1.807) is 0 Å². The van der Waals surface area contributed by atoms with Crippen LogP contribution in [0.4, 0.5) is 4.39 Å². The lowest BCUT2D eigenvalue weighted by Crippen LogP contribution is -2.59. The van der Waals surface area contributed by atoms with E-state index in [-0.39, 0.29) is 10.1 Å². The largest absolute Gasteiger partial charge is 0.381 e. The van der Waals surface area contributed by atoms with Crippen LogP contribution in [0.3, 0.4) is 0 Å². The van der Waals surface area contributed by atoms with Crippen LogP contribution in [-0.4, -0.2) is 50.9 Å².